The molecule has 0 aliphatic heterocycles. The SMILES string of the molecule is CCN(CC)C(=O)Cn1ccc2cc(NC(=O)CCCc3nc(-c4ccc(F)cc4)no3)ccc21. The Hall–Kier alpha value is -4.01. The van der Waals surface area contributed by atoms with E-state index in [1.54, 1.807) is 17.0 Å². The molecular formula is C26H28FN5O3. The molecule has 1 N–H and O–H groups in total. The quantitative estimate of drug-likeness (QED) is 0.359. The summed E-state index contributed by atoms with van der Waals surface area (Å²) in [4.78, 5) is 31.0. The van der Waals surface area contributed by atoms with Gasteiger partial charge in [0.15, 0.2) is 0 Å². The molecule has 0 atom stereocenters. The molecule has 0 spiro atoms. The van der Waals surface area contributed by atoms with E-state index in [1.807, 2.05) is 48.9 Å². The zero-order valence-corrected chi connectivity index (χ0v) is 19.8. The molecule has 0 aliphatic carbocycles. The lowest BCUT2D eigenvalue weighted by Gasteiger charge is -2.19. The smallest absolute Gasteiger partial charge is 0.242 e. The van der Waals surface area contributed by atoms with Crippen LogP contribution in [0.2, 0.25) is 0 Å². The lowest BCUT2D eigenvalue weighted by atomic mass is 10.2. The maximum Gasteiger partial charge on any atom is 0.242 e. The molecule has 9 heteroatoms. The van der Waals surface area contributed by atoms with Gasteiger partial charge >= 0.3 is 0 Å². The van der Waals surface area contributed by atoms with Crippen LogP contribution in [0.25, 0.3) is 22.3 Å². The van der Waals surface area contributed by atoms with Gasteiger partial charge in [0.2, 0.25) is 23.5 Å². The van der Waals surface area contributed by atoms with Gasteiger partial charge in [0, 0.05) is 54.3 Å². The Morgan fingerprint density at radius 1 is 1.09 bits per heavy atom. The fourth-order valence-electron chi connectivity index (χ4n) is 3.93. The number of halogens is 1. The lowest BCUT2D eigenvalue weighted by molar-refractivity contribution is -0.131. The molecule has 4 aromatic rings. The number of benzene rings is 2. The number of carbonyl (C=O) groups excluding carboxylic acids is 2. The van der Waals surface area contributed by atoms with Gasteiger partial charge in [0.05, 0.1) is 0 Å². The van der Waals surface area contributed by atoms with Crippen molar-refractivity contribution < 1.29 is 18.5 Å². The van der Waals surface area contributed by atoms with Crippen LogP contribution in [0.5, 0.6) is 0 Å². The topological polar surface area (TPSA) is 93.3 Å². The van der Waals surface area contributed by atoms with Crippen LogP contribution in [-0.2, 0) is 22.6 Å². The number of hydrogen-bond acceptors (Lipinski definition) is 5. The molecule has 0 radical (unpaired) electrons. The number of amides is 2. The van der Waals surface area contributed by atoms with Crippen molar-refractivity contribution in [2.24, 2.45) is 0 Å². The second-order valence-electron chi connectivity index (χ2n) is 8.20. The molecule has 0 saturated carbocycles. The minimum absolute atomic E-state index is 0.0795. The number of likely N-dealkylation sites (N-methyl/N-ethyl adjacent to an activating group) is 1. The minimum atomic E-state index is -0.328. The molecular weight excluding hydrogens is 449 g/mol. The highest BCUT2D eigenvalue weighted by molar-refractivity contribution is 5.94. The van der Waals surface area contributed by atoms with Gasteiger partial charge in [0.1, 0.15) is 12.4 Å². The van der Waals surface area contributed by atoms with Gasteiger partial charge in [0.25, 0.3) is 0 Å². The number of nitrogens with zero attached hydrogens (tertiary/aromatic N) is 4. The van der Waals surface area contributed by atoms with Gasteiger partial charge < -0.3 is 19.3 Å². The van der Waals surface area contributed by atoms with Crippen LogP contribution >= 0.6 is 0 Å². The molecule has 2 heterocycles. The molecule has 0 aliphatic rings. The number of nitrogens with one attached hydrogen (secondary N) is 1. The third-order valence-electron chi connectivity index (χ3n) is 5.84. The number of fused-ring (bicyclic) bond motifs is 1. The Kier molecular flexibility index (Phi) is 7.54. The summed E-state index contributed by atoms with van der Waals surface area (Å²) in [6.45, 7) is 5.60. The van der Waals surface area contributed by atoms with Gasteiger partial charge in [-0.2, -0.15) is 4.98 Å². The lowest BCUT2D eigenvalue weighted by Crippen LogP contribution is -2.33. The molecule has 4 rings (SSSR count). The van der Waals surface area contributed by atoms with E-state index in [9.17, 15) is 14.0 Å². The highest BCUT2D eigenvalue weighted by Crippen LogP contribution is 2.21. The fourth-order valence-corrected chi connectivity index (χ4v) is 3.93. The molecule has 2 aromatic carbocycles. The van der Waals surface area contributed by atoms with Gasteiger partial charge in [-0.15, -0.1) is 0 Å². The number of carbonyl (C=O) groups is 2. The second kappa shape index (κ2) is 10.9. The Balaban J connectivity index is 1.29. The molecule has 0 saturated heterocycles. The van der Waals surface area contributed by atoms with Crippen molar-refractivity contribution in [3.05, 3.63) is 66.4 Å². The Labute approximate surface area is 202 Å². The zero-order valence-electron chi connectivity index (χ0n) is 19.8. The van der Waals surface area contributed by atoms with Crippen molar-refractivity contribution in [1.29, 1.82) is 0 Å². The molecule has 182 valence electrons. The predicted octanol–water partition coefficient (Wildman–Crippen LogP) is 4.66. The first-order chi connectivity index (χ1) is 17.0. The summed E-state index contributed by atoms with van der Waals surface area (Å²) < 4.78 is 20.2. The van der Waals surface area contributed by atoms with Gasteiger partial charge in [-0.05, 0) is 68.8 Å². The van der Waals surface area contributed by atoms with E-state index in [1.165, 1.54) is 12.1 Å². The van der Waals surface area contributed by atoms with Crippen molar-refractivity contribution in [2.45, 2.75) is 39.7 Å². The summed E-state index contributed by atoms with van der Waals surface area (Å²) >= 11 is 0. The molecule has 35 heavy (non-hydrogen) atoms. The maximum absolute atomic E-state index is 13.1. The average molecular weight is 478 g/mol. The van der Waals surface area contributed by atoms with Crippen LogP contribution in [0, 0.1) is 5.82 Å². The Bertz CT molecular complexity index is 1310. The van der Waals surface area contributed by atoms with Crippen molar-refractivity contribution >= 4 is 28.4 Å². The monoisotopic (exact) mass is 477 g/mol. The first kappa shape index (κ1) is 24.1. The third kappa shape index (κ3) is 5.92. The number of rotatable bonds is 10. The van der Waals surface area contributed by atoms with E-state index >= 15 is 0 Å². The van der Waals surface area contributed by atoms with E-state index in [2.05, 4.69) is 15.5 Å². The summed E-state index contributed by atoms with van der Waals surface area (Å²) in [5, 5.41) is 7.79. The highest BCUT2D eigenvalue weighted by atomic mass is 19.1. The first-order valence-electron chi connectivity index (χ1n) is 11.7. The van der Waals surface area contributed by atoms with Gasteiger partial charge in [-0.3, -0.25) is 9.59 Å². The van der Waals surface area contributed by atoms with Crippen molar-refractivity contribution in [2.75, 3.05) is 18.4 Å². The number of hydrogen-bond donors (Lipinski definition) is 1. The van der Waals surface area contributed by atoms with Crippen molar-refractivity contribution in [1.82, 2.24) is 19.6 Å². The number of aromatic nitrogens is 3. The van der Waals surface area contributed by atoms with Gasteiger partial charge in [-0.25, -0.2) is 4.39 Å². The van der Waals surface area contributed by atoms with E-state index in [4.69, 9.17) is 4.52 Å². The zero-order chi connectivity index (χ0) is 24.8. The summed E-state index contributed by atoms with van der Waals surface area (Å²) in [7, 11) is 0. The predicted molar refractivity (Wildman–Crippen MR) is 131 cm³/mol. The number of aryl methyl sites for hydroxylation is 1. The van der Waals surface area contributed by atoms with Crippen LogP contribution in [-0.4, -0.2) is 44.5 Å². The summed E-state index contributed by atoms with van der Waals surface area (Å²) in [6, 6.07) is 13.5. The maximum atomic E-state index is 13.1. The van der Waals surface area contributed by atoms with Crippen molar-refractivity contribution in [3.63, 3.8) is 0 Å². The van der Waals surface area contributed by atoms with Crippen molar-refractivity contribution in [3.8, 4) is 11.4 Å². The average Bonchev–Trinajstić information content (AvgIpc) is 3.47. The Morgan fingerprint density at radius 3 is 2.60 bits per heavy atom. The van der Waals surface area contributed by atoms with Gasteiger partial charge in [-0.1, -0.05) is 5.16 Å². The number of anilines is 1. The minimum Gasteiger partial charge on any atom is -0.342 e. The molecule has 0 fully saturated rings. The third-order valence-corrected chi connectivity index (χ3v) is 5.84. The standard InChI is InChI=1S/C26H28FN5O3/c1-3-31(4-2)25(34)17-32-15-14-19-16-21(12-13-22(19)32)28-23(33)6-5-7-24-29-26(30-35-24)18-8-10-20(27)11-9-18/h8-16H,3-7,17H2,1-2H3,(H,28,33). The van der Waals surface area contributed by atoms with Crippen LogP contribution in [0.1, 0.15) is 32.6 Å². The van der Waals surface area contributed by atoms with Crippen LogP contribution in [0.3, 0.4) is 0 Å². The highest BCUT2D eigenvalue weighted by Gasteiger charge is 2.13. The van der Waals surface area contributed by atoms with E-state index in [0.29, 0.717) is 55.3 Å². The van der Waals surface area contributed by atoms with Crippen LogP contribution < -0.4 is 5.32 Å². The van der Waals surface area contributed by atoms with E-state index in [0.717, 1.165) is 10.9 Å². The largest absolute Gasteiger partial charge is 0.342 e. The molecule has 0 bridgehead atoms. The summed E-state index contributed by atoms with van der Waals surface area (Å²) in [5.41, 5.74) is 2.31. The second-order valence-corrected chi connectivity index (χ2v) is 8.20. The molecule has 2 amide bonds. The van der Waals surface area contributed by atoms with E-state index < -0.39 is 0 Å². The van der Waals surface area contributed by atoms with E-state index in [-0.39, 0.29) is 24.2 Å². The molecule has 0 unspecified atom stereocenters. The molecule has 8 nitrogen and oxygen atoms in total. The fraction of sp³-hybridized carbons (Fsp3) is 0.308. The summed E-state index contributed by atoms with van der Waals surface area (Å²) in [5.74, 6) is 0.461. The molecule has 2 aromatic heterocycles. The Morgan fingerprint density at radius 2 is 1.86 bits per heavy atom. The summed E-state index contributed by atoms with van der Waals surface area (Å²) in [6.07, 6.45) is 3.20. The van der Waals surface area contributed by atoms with Crippen LogP contribution in [0.15, 0.2) is 59.3 Å². The van der Waals surface area contributed by atoms with Crippen LogP contribution in [0.4, 0.5) is 10.1 Å². The first-order valence-corrected chi connectivity index (χ1v) is 11.7. The normalized spacial score (nSPS) is 11.1.